The van der Waals surface area contributed by atoms with Crippen molar-refractivity contribution in [2.24, 2.45) is 0 Å². The first-order valence-corrected chi connectivity index (χ1v) is 9.10. The van der Waals surface area contributed by atoms with E-state index in [2.05, 4.69) is 5.32 Å². The maximum absolute atomic E-state index is 13.8. The van der Waals surface area contributed by atoms with Crippen LogP contribution < -0.4 is 10.6 Å². The first-order valence-electron chi connectivity index (χ1n) is 9.10. The lowest BCUT2D eigenvalue weighted by Gasteiger charge is -2.06. The number of furan rings is 2. The Morgan fingerprint density at radius 3 is 2.60 bits per heavy atom. The second-order valence-corrected chi connectivity index (χ2v) is 6.22. The number of amides is 3. The molecule has 0 radical (unpaired) electrons. The van der Waals surface area contributed by atoms with E-state index in [1.807, 2.05) is 5.32 Å². The Labute approximate surface area is 171 Å². The molecular weight excluding hydrogens is 395 g/mol. The highest BCUT2D eigenvalue weighted by Gasteiger charge is 2.13. The molecule has 0 spiro atoms. The third-order valence-corrected chi connectivity index (χ3v) is 4.00. The van der Waals surface area contributed by atoms with Gasteiger partial charge in [-0.1, -0.05) is 12.1 Å². The molecule has 3 aromatic rings. The Balaban J connectivity index is 1.36. The fourth-order valence-corrected chi connectivity index (χ4v) is 2.55. The molecule has 0 saturated heterocycles. The van der Waals surface area contributed by atoms with Crippen LogP contribution in [0.5, 0.6) is 0 Å². The van der Waals surface area contributed by atoms with Crippen molar-refractivity contribution in [3.8, 4) is 11.3 Å². The van der Waals surface area contributed by atoms with Crippen LogP contribution in [0.3, 0.4) is 0 Å². The van der Waals surface area contributed by atoms with E-state index in [0.717, 1.165) is 0 Å². The van der Waals surface area contributed by atoms with Crippen LogP contribution in [0.4, 0.5) is 9.18 Å². The molecule has 0 unspecified atom stereocenters. The Morgan fingerprint density at radius 2 is 1.83 bits per heavy atom. The molecular formula is C21H19FN2O6. The molecule has 30 heavy (non-hydrogen) atoms. The number of halogens is 1. The van der Waals surface area contributed by atoms with Crippen molar-refractivity contribution >= 4 is 17.9 Å². The van der Waals surface area contributed by atoms with Gasteiger partial charge in [0.1, 0.15) is 23.1 Å². The highest BCUT2D eigenvalue weighted by molar-refractivity contribution is 5.95. The number of ether oxygens (including phenoxy) is 1. The Hall–Kier alpha value is -3.88. The van der Waals surface area contributed by atoms with Crippen LogP contribution in [0, 0.1) is 5.82 Å². The maximum atomic E-state index is 13.8. The number of hydrogen-bond acceptors (Lipinski definition) is 6. The summed E-state index contributed by atoms with van der Waals surface area (Å²) in [5, 5.41) is 4.46. The molecule has 0 bridgehead atoms. The number of benzene rings is 1. The number of hydrogen-bond donors (Lipinski definition) is 2. The lowest BCUT2D eigenvalue weighted by Crippen LogP contribution is -2.41. The van der Waals surface area contributed by atoms with Crippen LogP contribution in [0.2, 0.25) is 0 Å². The van der Waals surface area contributed by atoms with Gasteiger partial charge in [0.2, 0.25) is 0 Å². The zero-order chi connectivity index (χ0) is 21.3. The summed E-state index contributed by atoms with van der Waals surface area (Å²) in [6.45, 7) is -0.477. The number of carbonyl (C=O) groups is 3. The van der Waals surface area contributed by atoms with Crippen molar-refractivity contribution in [2.75, 3.05) is 6.61 Å². The lowest BCUT2D eigenvalue weighted by molar-refractivity contribution is -0.148. The zero-order valence-electron chi connectivity index (χ0n) is 15.9. The van der Waals surface area contributed by atoms with E-state index in [4.69, 9.17) is 13.6 Å². The van der Waals surface area contributed by atoms with E-state index in [-0.39, 0.29) is 19.4 Å². The van der Waals surface area contributed by atoms with Crippen LogP contribution in [0.1, 0.15) is 17.9 Å². The van der Waals surface area contributed by atoms with Crippen molar-refractivity contribution in [3.63, 3.8) is 0 Å². The van der Waals surface area contributed by atoms with Gasteiger partial charge in [-0.15, -0.1) is 0 Å². The number of carbonyl (C=O) groups excluding carboxylic acids is 3. The molecule has 0 saturated carbocycles. The maximum Gasteiger partial charge on any atom is 0.321 e. The van der Waals surface area contributed by atoms with Crippen molar-refractivity contribution in [1.29, 1.82) is 0 Å². The van der Waals surface area contributed by atoms with Crippen molar-refractivity contribution in [1.82, 2.24) is 10.6 Å². The summed E-state index contributed by atoms with van der Waals surface area (Å²) in [6.07, 6.45) is 1.64. The summed E-state index contributed by atoms with van der Waals surface area (Å²) in [7, 11) is 0. The van der Waals surface area contributed by atoms with Gasteiger partial charge in [0, 0.05) is 6.42 Å². The Kier molecular flexibility index (Phi) is 6.99. The molecule has 0 aliphatic rings. The van der Waals surface area contributed by atoms with Crippen molar-refractivity contribution in [3.05, 3.63) is 72.1 Å². The summed E-state index contributed by atoms with van der Waals surface area (Å²) >= 11 is 0. The minimum Gasteiger partial charge on any atom is -0.467 e. The van der Waals surface area contributed by atoms with Gasteiger partial charge in [-0.25, -0.2) is 9.18 Å². The number of nitrogens with one attached hydrogen (secondary N) is 2. The predicted molar refractivity (Wildman–Crippen MR) is 102 cm³/mol. The number of imide groups is 1. The highest BCUT2D eigenvalue weighted by Crippen LogP contribution is 2.25. The van der Waals surface area contributed by atoms with Crippen LogP contribution >= 0.6 is 0 Å². The van der Waals surface area contributed by atoms with Crippen LogP contribution in [0.15, 0.2) is 63.6 Å². The summed E-state index contributed by atoms with van der Waals surface area (Å²) in [6, 6.07) is 12.1. The van der Waals surface area contributed by atoms with Gasteiger partial charge >= 0.3 is 12.0 Å². The summed E-state index contributed by atoms with van der Waals surface area (Å²) < 4.78 is 29.2. The number of rotatable bonds is 8. The van der Waals surface area contributed by atoms with Crippen molar-refractivity contribution in [2.45, 2.75) is 19.4 Å². The summed E-state index contributed by atoms with van der Waals surface area (Å²) in [5.41, 5.74) is 0.327. The Morgan fingerprint density at radius 1 is 1.00 bits per heavy atom. The average Bonchev–Trinajstić information content (AvgIpc) is 3.41. The standard InChI is InChI=1S/C21H19FN2O6/c22-17-6-2-1-5-16(17)18-9-7-14(30-18)8-10-20(26)29-13-19(25)24-21(27)23-12-15-4-3-11-28-15/h1-7,9,11H,8,10,12-13H2,(H2,23,24,25,27). The third kappa shape index (κ3) is 6.06. The van der Waals surface area contributed by atoms with Gasteiger partial charge in [-0.3, -0.25) is 14.9 Å². The van der Waals surface area contributed by atoms with Gasteiger partial charge < -0.3 is 18.9 Å². The van der Waals surface area contributed by atoms with Gasteiger partial charge in [0.05, 0.1) is 24.8 Å². The molecule has 2 N–H and O–H groups in total. The van der Waals surface area contributed by atoms with E-state index >= 15 is 0 Å². The third-order valence-electron chi connectivity index (χ3n) is 4.00. The first-order chi connectivity index (χ1) is 14.5. The topological polar surface area (TPSA) is 111 Å². The average molecular weight is 414 g/mol. The molecule has 0 atom stereocenters. The summed E-state index contributed by atoms with van der Waals surface area (Å²) in [5.74, 6) is -0.439. The fourth-order valence-electron chi connectivity index (χ4n) is 2.55. The molecule has 8 nitrogen and oxygen atoms in total. The van der Waals surface area contributed by atoms with Crippen LogP contribution in [-0.4, -0.2) is 24.5 Å². The molecule has 0 fully saturated rings. The molecule has 2 heterocycles. The second-order valence-electron chi connectivity index (χ2n) is 6.22. The van der Waals surface area contributed by atoms with Crippen LogP contribution in [0.25, 0.3) is 11.3 Å². The molecule has 3 amide bonds. The fraction of sp³-hybridized carbons (Fsp3) is 0.190. The molecule has 0 aliphatic heterocycles. The Bertz CT molecular complexity index is 1010. The van der Waals surface area contributed by atoms with Gasteiger partial charge in [-0.2, -0.15) is 0 Å². The predicted octanol–water partition coefficient (Wildman–Crippen LogP) is 3.18. The smallest absolute Gasteiger partial charge is 0.321 e. The quantitative estimate of drug-likeness (QED) is 0.548. The van der Waals surface area contributed by atoms with Crippen LogP contribution in [-0.2, 0) is 27.3 Å². The van der Waals surface area contributed by atoms with Crippen molar-refractivity contribution < 1.29 is 32.3 Å². The monoisotopic (exact) mass is 414 g/mol. The van der Waals surface area contributed by atoms with E-state index in [1.54, 1.807) is 42.5 Å². The largest absolute Gasteiger partial charge is 0.467 e. The second kappa shape index (κ2) is 10.1. The zero-order valence-corrected chi connectivity index (χ0v) is 15.9. The van der Waals surface area contributed by atoms with Gasteiger partial charge in [-0.05, 0) is 36.4 Å². The number of aryl methyl sites for hydroxylation is 1. The molecule has 0 aliphatic carbocycles. The molecule has 3 rings (SSSR count). The van der Waals surface area contributed by atoms with E-state index in [9.17, 15) is 18.8 Å². The number of urea groups is 1. The van der Waals surface area contributed by atoms with Gasteiger partial charge in [0.25, 0.3) is 5.91 Å². The van der Waals surface area contributed by atoms with Gasteiger partial charge in [0.15, 0.2) is 6.61 Å². The number of esters is 1. The molecule has 9 heteroatoms. The van der Waals surface area contributed by atoms with E-state index in [0.29, 0.717) is 22.8 Å². The lowest BCUT2D eigenvalue weighted by atomic mass is 10.1. The first kappa shape index (κ1) is 20.8. The molecule has 1 aromatic carbocycles. The van der Waals surface area contributed by atoms with E-state index in [1.165, 1.54) is 12.3 Å². The normalized spacial score (nSPS) is 10.4. The van der Waals surface area contributed by atoms with E-state index < -0.39 is 30.3 Å². The summed E-state index contributed by atoms with van der Waals surface area (Å²) in [4.78, 5) is 35.0. The SMILES string of the molecule is O=C(COC(=O)CCc1ccc(-c2ccccc2F)o1)NC(=O)NCc1ccco1. The minimum atomic E-state index is -0.764. The minimum absolute atomic E-state index is 0.0395. The highest BCUT2D eigenvalue weighted by atomic mass is 19.1. The molecule has 2 aromatic heterocycles. The molecule has 156 valence electrons.